The fraction of sp³-hybridized carbons (Fsp3) is 0.500. The molecule has 0 aliphatic carbocycles. The molecular weight excluding hydrogens is 402 g/mol. The number of piperidine rings is 1. The summed E-state index contributed by atoms with van der Waals surface area (Å²) in [5.74, 6) is 0.624. The number of hydrogen-bond acceptors (Lipinski definition) is 5. The molecule has 2 aromatic rings. The first-order chi connectivity index (χ1) is 13.3. The van der Waals surface area contributed by atoms with Gasteiger partial charge in [-0.3, -0.25) is 4.39 Å². The third kappa shape index (κ3) is 3.83. The van der Waals surface area contributed by atoms with Crippen LogP contribution in [0.2, 0.25) is 10.0 Å². The lowest BCUT2D eigenvalue weighted by Gasteiger charge is -2.43. The van der Waals surface area contributed by atoms with Crippen molar-refractivity contribution in [2.75, 3.05) is 24.7 Å². The molecule has 1 aromatic heterocycles. The van der Waals surface area contributed by atoms with Crippen LogP contribution in [-0.2, 0) is 6.61 Å². The molecule has 5 nitrogen and oxygen atoms in total. The van der Waals surface area contributed by atoms with Gasteiger partial charge < -0.3 is 15.7 Å². The number of aryl methyl sites for hydroxylation is 1. The predicted molar refractivity (Wildman–Crippen MR) is 112 cm³/mol. The van der Waals surface area contributed by atoms with Crippen LogP contribution in [0, 0.1) is 12.3 Å². The van der Waals surface area contributed by atoms with Crippen LogP contribution < -0.4 is 10.6 Å². The summed E-state index contributed by atoms with van der Waals surface area (Å²) in [4.78, 5) is 11.4. The number of nitrogens with zero attached hydrogens (tertiary/aromatic N) is 3. The molecule has 1 aliphatic heterocycles. The van der Waals surface area contributed by atoms with Crippen molar-refractivity contribution in [2.24, 2.45) is 11.1 Å². The Bertz CT molecular complexity index is 854. The third-order valence-corrected chi connectivity index (χ3v) is 6.59. The average molecular weight is 427 g/mol. The van der Waals surface area contributed by atoms with Crippen LogP contribution in [0.15, 0.2) is 18.2 Å². The summed E-state index contributed by atoms with van der Waals surface area (Å²) in [7, 11) is 0. The minimum Gasteiger partial charge on any atom is -0.390 e. The molecule has 8 heteroatoms. The molecule has 3 N–H and O–H groups in total. The van der Waals surface area contributed by atoms with Crippen molar-refractivity contribution in [3.8, 4) is 11.3 Å². The molecule has 1 unspecified atom stereocenters. The van der Waals surface area contributed by atoms with Crippen LogP contribution in [0.5, 0.6) is 0 Å². The van der Waals surface area contributed by atoms with Gasteiger partial charge in [0.2, 0.25) is 0 Å². The molecule has 1 fully saturated rings. The molecule has 1 aliphatic rings. The summed E-state index contributed by atoms with van der Waals surface area (Å²) >= 11 is 12.5. The normalized spacial score (nSPS) is 17.6. The highest BCUT2D eigenvalue weighted by atomic mass is 35.5. The number of hydrogen-bond donors (Lipinski definition) is 2. The summed E-state index contributed by atoms with van der Waals surface area (Å²) in [6.07, 6.45) is 1.27. The summed E-state index contributed by atoms with van der Waals surface area (Å²) in [6.45, 7) is 4.26. The lowest BCUT2D eigenvalue weighted by atomic mass is 9.74. The van der Waals surface area contributed by atoms with Crippen LogP contribution in [0.1, 0.15) is 31.2 Å². The Morgan fingerprint density at radius 2 is 1.96 bits per heavy atom. The quantitative estimate of drug-likeness (QED) is 0.750. The number of aliphatic hydroxyl groups is 1. The van der Waals surface area contributed by atoms with Crippen molar-refractivity contribution in [3.05, 3.63) is 39.6 Å². The van der Waals surface area contributed by atoms with E-state index in [2.05, 4.69) is 4.98 Å². The number of aromatic nitrogens is 2. The maximum absolute atomic E-state index is 13.6. The van der Waals surface area contributed by atoms with Crippen LogP contribution in [0.25, 0.3) is 11.3 Å². The van der Waals surface area contributed by atoms with Crippen LogP contribution in [0.4, 0.5) is 10.2 Å². The predicted octanol–water partition coefficient (Wildman–Crippen LogP) is 4.15. The first kappa shape index (κ1) is 21.2. The van der Waals surface area contributed by atoms with E-state index in [1.165, 1.54) is 0 Å². The Morgan fingerprint density at radius 1 is 1.29 bits per heavy atom. The van der Waals surface area contributed by atoms with Crippen molar-refractivity contribution >= 4 is 29.0 Å². The maximum Gasteiger partial charge on any atom is 0.153 e. The molecule has 1 saturated heterocycles. The second-order valence-electron chi connectivity index (χ2n) is 7.46. The largest absolute Gasteiger partial charge is 0.390 e. The number of alkyl halides is 1. The van der Waals surface area contributed by atoms with E-state index >= 15 is 0 Å². The molecule has 28 heavy (non-hydrogen) atoms. The SMILES string of the molecule is Cc1nc(N2CCC(CF)(C(C)N)CC2)c(CO)nc1-c1cccc(Cl)c1Cl. The van der Waals surface area contributed by atoms with Crippen molar-refractivity contribution in [3.63, 3.8) is 0 Å². The van der Waals surface area contributed by atoms with Gasteiger partial charge in [-0.1, -0.05) is 35.3 Å². The van der Waals surface area contributed by atoms with E-state index in [9.17, 15) is 9.50 Å². The summed E-state index contributed by atoms with van der Waals surface area (Å²) < 4.78 is 13.6. The molecule has 0 amide bonds. The zero-order valence-corrected chi connectivity index (χ0v) is 17.6. The van der Waals surface area contributed by atoms with Crippen molar-refractivity contribution in [1.82, 2.24) is 9.97 Å². The Kier molecular flexibility index (Phi) is 6.44. The van der Waals surface area contributed by atoms with Crippen molar-refractivity contribution < 1.29 is 9.50 Å². The summed E-state index contributed by atoms with van der Waals surface area (Å²) in [5, 5.41) is 10.7. The van der Waals surface area contributed by atoms with Gasteiger partial charge in [0.25, 0.3) is 0 Å². The Labute approximate surface area is 174 Å². The second kappa shape index (κ2) is 8.49. The summed E-state index contributed by atoms with van der Waals surface area (Å²) in [5.41, 5.74) is 7.96. The number of rotatable bonds is 5. The number of halogens is 3. The first-order valence-electron chi connectivity index (χ1n) is 9.32. The van der Waals surface area contributed by atoms with Gasteiger partial charge in [-0.2, -0.15) is 0 Å². The molecule has 0 saturated carbocycles. The van der Waals surface area contributed by atoms with E-state index in [1.807, 2.05) is 24.8 Å². The van der Waals surface area contributed by atoms with Gasteiger partial charge in [0.05, 0.1) is 34.7 Å². The number of anilines is 1. The fourth-order valence-corrected chi connectivity index (χ4v) is 4.11. The fourth-order valence-electron chi connectivity index (χ4n) is 3.72. The topological polar surface area (TPSA) is 75.3 Å². The van der Waals surface area contributed by atoms with E-state index in [4.69, 9.17) is 33.9 Å². The van der Waals surface area contributed by atoms with Crippen molar-refractivity contribution in [2.45, 2.75) is 39.3 Å². The second-order valence-corrected chi connectivity index (χ2v) is 8.24. The van der Waals surface area contributed by atoms with Crippen LogP contribution in [-0.4, -0.2) is 40.9 Å². The lowest BCUT2D eigenvalue weighted by molar-refractivity contribution is 0.128. The maximum atomic E-state index is 13.6. The zero-order valence-electron chi connectivity index (χ0n) is 16.1. The van der Waals surface area contributed by atoms with E-state index in [1.54, 1.807) is 12.1 Å². The van der Waals surface area contributed by atoms with Gasteiger partial charge in [-0.25, -0.2) is 9.97 Å². The third-order valence-electron chi connectivity index (χ3n) is 5.77. The molecule has 0 spiro atoms. The number of nitrogens with two attached hydrogens (primary N) is 1. The van der Waals surface area contributed by atoms with E-state index in [-0.39, 0.29) is 12.6 Å². The van der Waals surface area contributed by atoms with Gasteiger partial charge in [-0.15, -0.1) is 0 Å². The van der Waals surface area contributed by atoms with Gasteiger partial charge in [0, 0.05) is 30.1 Å². The molecular formula is C20H25Cl2FN4O. The molecule has 2 heterocycles. The highest BCUT2D eigenvalue weighted by Gasteiger charge is 2.39. The summed E-state index contributed by atoms with van der Waals surface area (Å²) in [6, 6.07) is 5.12. The highest BCUT2D eigenvalue weighted by Crippen LogP contribution is 2.38. The minimum absolute atomic E-state index is 0.211. The van der Waals surface area contributed by atoms with Crippen LogP contribution in [0.3, 0.4) is 0 Å². The van der Waals surface area contributed by atoms with E-state index < -0.39 is 12.1 Å². The van der Waals surface area contributed by atoms with Gasteiger partial charge >= 0.3 is 0 Å². The molecule has 1 atom stereocenters. The first-order valence-corrected chi connectivity index (χ1v) is 10.1. The molecule has 0 bridgehead atoms. The molecule has 152 valence electrons. The number of benzene rings is 1. The van der Waals surface area contributed by atoms with E-state index in [0.29, 0.717) is 64.4 Å². The molecule has 0 radical (unpaired) electrons. The molecule has 3 rings (SSSR count). The minimum atomic E-state index is -0.493. The number of aliphatic hydroxyl groups excluding tert-OH is 1. The van der Waals surface area contributed by atoms with Crippen LogP contribution >= 0.6 is 23.2 Å². The Hall–Kier alpha value is -1.47. The van der Waals surface area contributed by atoms with Gasteiger partial charge in [0.1, 0.15) is 5.69 Å². The smallest absolute Gasteiger partial charge is 0.153 e. The average Bonchev–Trinajstić information content (AvgIpc) is 2.70. The Morgan fingerprint density at radius 3 is 2.54 bits per heavy atom. The van der Waals surface area contributed by atoms with Crippen molar-refractivity contribution in [1.29, 1.82) is 0 Å². The monoisotopic (exact) mass is 426 g/mol. The van der Waals surface area contributed by atoms with Gasteiger partial charge in [0.15, 0.2) is 5.82 Å². The zero-order chi connectivity index (χ0) is 20.5. The lowest BCUT2D eigenvalue weighted by Crippen LogP contribution is -2.50. The van der Waals surface area contributed by atoms with E-state index in [0.717, 1.165) is 0 Å². The van der Waals surface area contributed by atoms with Gasteiger partial charge in [-0.05, 0) is 32.8 Å². The Balaban J connectivity index is 1.94. The molecule has 1 aromatic carbocycles. The highest BCUT2D eigenvalue weighted by molar-refractivity contribution is 6.43. The standard InChI is InChI=1S/C20H25Cl2FN4O/c1-12-18(14-4-3-5-15(21)17(14)22)26-16(10-28)19(25-12)27-8-6-20(11-23,7-9-27)13(2)24/h3-5,13,28H,6-11,24H2,1-2H3.